The highest BCUT2D eigenvalue weighted by Gasteiger charge is 2.34. The van der Waals surface area contributed by atoms with Gasteiger partial charge in [0.2, 0.25) is 0 Å². The van der Waals surface area contributed by atoms with Gasteiger partial charge >= 0.3 is 0 Å². The Balaban J connectivity index is 1.49. The Kier molecular flexibility index (Phi) is 11.6. The molecule has 2 atom stereocenters. The summed E-state index contributed by atoms with van der Waals surface area (Å²) in [6.07, 6.45) is 34.7. The fourth-order valence-electron chi connectivity index (χ4n) is 6.30. The molecule has 0 bridgehead atoms. The minimum Gasteiger partial charge on any atom is -0.361 e. The molecule has 0 spiro atoms. The van der Waals surface area contributed by atoms with E-state index in [1.54, 1.807) is 11.1 Å². The molecule has 0 N–H and O–H groups in total. The van der Waals surface area contributed by atoms with E-state index >= 15 is 0 Å². The van der Waals surface area contributed by atoms with Crippen LogP contribution in [0.25, 0.3) is 0 Å². The summed E-state index contributed by atoms with van der Waals surface area (Å²) in [5.41, 5.74) is 11.7. The van der Waals surface area contributed by atoms with Crippen LogP contribution in [0.1, 0.15) is 108 Å². The van der Waals surface area contributed by atoms with E-state index in [4.69, 9.17) is 4.74 Å². The van der Waals surface area contributed by atoms with Gasteiger partial charge in [0.1, 0.15) is 12.2 Å². The molecular formula is C40H56O. The topological polar surface area (TPSA) is 12.5 Å². The van der Waals surface area contributed by atoms with Crippen LogP contribution in [0.2, 0.25) is 0 Å². The maximum Gasteiger partial charge on any atom is 0.107 e. The van der Waals surface area contributed by atoms with Crippen LogP contribution in [0, 0.1) is 10.8 Å². The van der Waals surface area contributed by atoms with Crippen molar-refractivity contribution in [1.82, 2.24) is 0 Å². The van der Waals surface area contributed by atoms with E-state index in [-0.39, 0.29) is 23.0 Å². The first-order chi connectivity index (χ1) is 19.3. The summed E-state index contributed by atoms with van der Waals surface area (Å²) in [5.74, 6) is 0. The van der Waals surface area contributed by atoms with Gasteiger partial charge < -0.3 is 4.74 Å². The smallest absolute Gasteiger partial charge is 0.107 e. The zero-order valence-corrected chi connectivity index (χ0v) is 27.7. The van der Waals surface area contributed by atoms with Crippen molar-refractivity contribution in [3.8, 4) is 0 Å². The fourth-order valence-corrected chi connectivity index (χ4v) is 6.30. The second-order valence-electron chi connectivity index (χ2n) is 14.0. The molecule has 0 aromatic rings. The van der Waals surface area contributed by atoms with Crippen LogP contribution >= 0.6 is 0 Å². The van der Waals surface area contributed by atoms with E-state index in [1.165, 1.54) is 72.0 Å². The third-order valence-corrected chi connectivity index (χ3v) is 8.96. The number of rotatable bonds is 10. The Labute approximate surface area is 252 Å². The molecule has 1 aliphatic heterocycles. The van der Waals surface area contributed by atoms with Crippen molar-refractivity contribution in [1.29, 1.82) is 0 Å². The molecule has 0 amide bonds. The van der Waals surface area contributed by atoms with Gasteiger partial charge in [-0.3, -0.25) is 0 Å². The van der Waals surface area contributed by atoms with E-state index < -0.39 is 0 Å². The lowest BCUT2D eigenvalue weighted by atomic mass is 9.72. The van der Waals surface area contributed by atoms with Gasteiger partial charge in [-0.1, -0.05) is 134 Å². The summed E-state index contributed by atoms with van der Waals surface area (Å²) < 4.78 is 5.90. The van der Waals surface area contributed by atoms with Gasteiger partial charge in [0.25, 0.3) is 0 Å². The molecule has 0 aromatic carbocycles. The SMILES string of the molecule is CC1=C(/C=C/C(C)=C/C=C/C(C)=C/C2OC2/C=C(C)/C=C/C=C(C)/C=C/C2=C(C)CCCC2(C)C)C(C)(C)CCC1. The minimum atomic E-state index is 0.173. The van der Waals surface area contributed by atoms with Crippen LogP contribution in [-0.2, 0) is 4.74 Å². The summed E-state index contributed by atoms with van der Waals surface area (Å²) in [5, 5.41) is 0. The molecule has 3 aliphatic rings. The van der Waals surface area contributed by atoms with Crippen LogP contribution in [0.5, 0.6) is 0 Å². The number of hydrogen-bond acceptors (Lipinski definition) is 1. The van der Waals surface area contributed by atoms with Crippen molar-refractivity contribution in [2.24, 2.45) is 10.8 Å². The van der Waals surface area contributed by atoms with Crippen molar-refractivity contribution < 1.29 is 4.74 Å². The molecule has 0 saturated carbocycles. The van der Waals surface area contributed by atoms with Gasteiger partial charge in [0, 0.05) is 0 Å². The van der Waals surface area contributed by atoms with E-state index in [0.717, 1.165) is 0 Å². The first-order valence-corrected chi connectivity index (χ1v) is 15.8. The predicted molar refractivity (Wildman–Crippen MR) is 181 cm³/mol. The van der Waals surface area contributed by atoms with Gasteiger partial charge in [0.15, 0.2) is 0 Å². The van der Waals surface area contributed by atoms with Gasteiger partial charge in [-0.25, -0.2) is 0 Å². The highest BCUT2D eigenvalue weighted by Crippen LogP contribution is 2.41. The summed E-state index contributed by atoms with van der Waals surface area (Å²) in [6.45, 7) is 22.7. The molecule has 0 aromatic heterocycles. The van der Waals surface area contributed by atoms with E-state index in [1.807, 2.05) is 0 Å². The largest absolute Gasteiger partial charge is 0.361 e. The van der Waals surface area contributed by atoms with Crippen molar-refractivity contribution >= 4 is 0 Å². The monoisotopic (exact) mass is 552 g/mol. The molecule has 41 heavy (non-hydrogen) atoms. The Morgan fingerprint density at radius 2 is 1.00 bits per heavy atom. The van der Waals surface area contributed by atoms with Gasteiger partial charge in [0.05, 0.1) is 0 Å². The Morgan fingerprint density at radius 3 is 1.37 bits per heavy atom. The van der Waals surface area contributed by atoms with Crippen LogP contribution in [-0.4, -0.2) is 12.2 Å². The third kappa shape index (κ3) is 10.3. The molecule has 0 radical (unpaired) electrons. The zero-order chi connectivity index (χ0) is 30.2. The molecule has 1 heterocycles. The average molecular weight is 553 g/mol. The Bertz CT molecular complexity index is 1160. The molecular weight excluding hydrogens is 496 g/mol. The van der Waals surface area contributed by atoms with Crippen LogP contribution in [0.3, 0.4) is 0 Å². The number of ether oxygens (including phenoxy) is 1. The predicted octanol–water partition coefficient (Wildman–Crippen LogP) is 11.8. The van der Waals surface area contributed by atoms with Crippen molar-refractivity contribution in [2.45, 2.75) is 120 Å². The maximum absolute atomic E-state index is 5.90. The second-order valence-corrected chi connectivity index (χ2v) is 14.0. The summed E-state index contributed by atoms with van der Waals surface area (Å²) >= 11 is 0. The minimum absolute atomic E-state index is 0.173. The lowest BCUT2D eigenvalue weighted by molar-refractivity contribution is 0.376. The maximum atomic E-state index is 5.90. The number of allylic oxidation sites excluding steroid dienone is 18. The van der Waals surface area contributed by atoms with Crippen molar-refractivity contribution in [2.75, 3.05) is 0 Å². The first-order valence-electron chi connectivity index (χ1n) is 15.8. The molecule has 222 valence electrons. The van der Waals surface area contributed by atoms with Gasteiger partial charge in [-0.2, -0.15) is 0 Å². The third-order valence-electron chi connectivity index (χ3n) is 8.96. The zero-order valence-electron chi connectivity index (χ0n) is 27.7. The van der Waals surface area contributed by atoms with Crippen LogP contribution in [0.4, 0.5) is 0 Å². The fraction of sp³-hybridized carbons (Fsp3) is 0.500. The Morgan fingerprint density at radius 1 is 0.610 bits per heavy atom. The van der Waals surface area contributed by atoms with Crippen molar-refractivity contribution in [3.05, 3.63) is 117 Å². The van der Waals surface area contributed by atoms with Crippen LogP contribution < -0.4 is 0 Å². The Hall–Kier alpha value is -2.64. The molecule has 1 heteroatoms. The average Bonchev–Trinajstić information content (AvgIpc) is 3.58. The van der Waals surface area contributed by atoms with E-state index in [2.05, 4.69) is 142 Å². The van der Waals surface area contributed by atoms with E-state index in [0.29, 0.717) is 0 Å². The molecule has 1 fully saturated rings. The van der Waals surface area contributed by atoms with Crippen LogP contribution in [0.15, 0.2) is 117 Å². The summed E-state index contributed by atoms with van der Waals surface area (Å²) in [7, 11) is 0. The highest BCUT2D eigenvalue weighted by molar-refractivity contribution is 5.39. The molecule has 3 rings (SSSR count). The summed E-state index contributed by atoms with van der Waals surface area (Å²) in [4.78, 5) is 0. The standard InChI is InChI=1S/C40H56O/c1-29(21-23-35-33(5)19-13-25-39(35,7)8)15-11-17-31(3)27-37-38(41-37)28-32(4)18-12-16-30(2)22-24-36-34(6)20-14-26-40(36,9)10/h11-12,15-18,21-24,27-28,37-38H,13-14,19-20,25-26H2,1-10H3/b17-11+,18-12+,23-21+,24-22+,29-15+,30-16+,31-27+,32-28+. The summed E-state index contributed by atoms with van der Waals surface area (Å²) in [6, 6.07) is 0. The highest BCUT2D eigenvalue weighted by atomic mass is 16.6. The number of hydrogen-bond donors (Lipinski definition) is 0. The molecule has 1 nitrogen and oxygen atoms in total. The number of epoxide rings is 1. The van der Waals surface area contributed by atoms with Gasteiger partial charge in [-0.15, -0.1) is 0 Å². The van der Waals surface area contributed by atoms with E-state index in [9.17, 15) is 0 Å². The normalized spacial score (nSPS) is 26.5. The lowest BCUT2D eigenvalue weighted by Crippen LogP contribution is -2.19. The molecule has 2 aliphatic carbocycles. The van der Waals surface area contributed by atoms with Crippen molar-refractivity contribution in [3.63, 3.8) is 0 Å². The second kappa shape index (κ2) is 14.5. The lowest BCUT2D eigenvalue weighted by Gasteiger charge is -2.33. The quantitative estimate of drug-likeness (QED) is 0.194. The first kappa shape index (κ1) is 32.9. The molecule has 1 saturated heterocycles. The van der Waals surface area contributed by atoms with Gasteiger partial charge in [-0.05, 0) is 102 Å². The molecule has 2 unspecified atom stereocenters.